The number of hydrogen-bond acceptors (Lipinski definition) is 4. The van der Waals surface area contributed by atoms with Gasteiger partial charge < -0.3 is 19.9 Å². The molecular weight excluding hydrogens is 286 g/mol. The molecular formula is C16H23NO5. The fraction of sp³-hybridized carbons (Fsp3) is 0.500. The predicted octanol–water partition coefficient (Wildman–Crippen LogP) is 2.24. The highest BCUT2D eigenvalue weighted by Gasteiger charge is 2.26. The molecule has 6 nitrogen and oxygen atoms in total. The Kier molecular flexibility index (Phi) is 5.79. The third-order valence-corrected chi connectivity index (χ3v) is 3.63. The van der Waals surface area contributed by atoms with Crippen molar-refractivity contribution in [1.29, 1.82) is 0 Å². The number of hydrogen-bond donors (Lipinski definition) is 2. The molecule has 0 fully saturated rings. The lowest BCUT2D eigenvalue weighted by molar-refractivity contribution is -0.147. The van der Waals surface area contributed by atoms with Crippen molar-refractivity contribution in [2.75, 3.05) is 20.8 Å². The molecule has 22 heavy (non-hydrogen) atoms. The summed E-state index contributed by atoms with van der Waals surface area (Å²) in [5.74, 6) is -0.0519. The second-order valence-corrected chi connectivity index (χ2v) is 5.70. The van der Waals surface area contributed by atoms with Gasteiger partial charge in [0, 0.05) is 17.7 Å². The summed E-state index contributed by atoms with van der Waals surface area (Å²) in [5.41, 5.74) is 0.344. The molecule has 1 rings (SSSR count). The monoisotopic (exact) mass is 309 g/mol. The molecule has 0 aliphatic heterocycles. The average molecular weight is 309 g/mol. The van der Waals surface area contributed by atoms with E-state index < -0.39 is 11.4 Å². The first-order chi connectivity index (χ1) is 10.2. The van der Waals surface area contributed by atoms with Crippen LogP contribution in [0.25, 0.3) is 0 Å². The molecule has 0 saturated heterocycles. The second kappa shape index (κ2) is 7.15. The Morgan fingerprint density at radius 2 is 1.68 bits per heavy atom. The van der Waals surface area contributed by atoms with Gasteiger partial charge in [0.05, 0.1) is 19.6 Å². The Hall–Kier alpha value is -2.24. The summed E-state index contributed by atoms with van der Waals surface area (Å²) in [5, 5.41) is 11.8. The zero-order valence-electron chi connectivity index (χ0n) is 13.6. The molecule has 0 atom stereocenters. The van der Waals surface area contributed by atoms with Crippen LogP contribution < -0.4 is 14.8 Å². The number of aliphatic carboxylic acids is 1. The Bertz CT molecular complexity index is 541. The summed E-state index contributed by atoms with van der Waals surface area (Å²) in [6, 6.07) is 3.27. The van der Waals surface area contributed by atoms with E-state index in [0.29, 0.717) is 23.5 Å². The highest BCUT2D eigenvalue weighted by atomic mass is 16.5. The fourth-order valence-corrected chi connectivity index (χ4v) is 1.91. The summed E-state index contributed by atoms with van der Waals surface area (Å²) in [6.45, 7) is 5.37. The van der Waals surface area contributed by atoms with Crippen LogP contribution in [0.4, 0.5) is 0 Å². The van der Waals surface area contributed by atoms with Gasteiger partial charge in [-0.2, -0.15) is 0 Å². The molecule has 0 aliphatic rings. The number of methoxy groups -OCH3 is 2. The van der Waals surface area contributed by atoms with Gasteiger partial charge in [0.15, 0.2) is 0 Å². The van der Waals surface area contributed by atoms with Gasteiger partial charge in [0.25, 0.3) is 5.91 Å². The number of carboxylic acid groups (broad SMARTS) is 1. The number of benzene rings is 1. The van der Waals surface area contributed by atoms with Crippen molar-refractivity contribution in [3.63, 3.8) is 0 Å². The topological polar surface area (TPSA) is 84.9 Å². The van der Waals surface area contributed by atoms with Crippen molar-refractivity contribution < 1.29 is 24.2 Å². The molecule has 1 aromatic carbocycles. The normalized spacial score (nSPS) is 11.0. The standard InChI is InChI=1S/C16H23NO5/c1-10-12(21-4)8-11(9-13(10)22-5)14(18)17-7-6-16(2,3)15(19)20/h8-9H,6-7H2,1-5H3,(H,17,18)(H,19,20). The highest BCUT2D eigenvalue weighted by Crippen LogP contribution is 2.29. The molecule has 0 aromatic heterocycles. The summed E-state index contributed by atoms with van der Waals surface area (Å²) >= 11 is 0. The van der Waals surface area contributed by atoms with Crippen LogP contribution in [0, 0.1) is 12.3 Å². The number of amides is 1. The zero-order valence-corrected chi connectivity index (χ0v) is 13.6. The lowest BCUT2D eigenvalue weighted by atomic mass is 9.90. The number of rotatable bonds is 7. The highest BCUT2D eigenvalue weighted by molar-refractivity contribution is 5.95. The van der Waals surface area contributed by atoms with E-state index in [-0.39, 0.29) is 12.5 Å². The van der Waals surface area contributed by atoms with Gasteiger partial charge in [0.2, 0.25) is 0 Å². The van der Waals surface area contributed by atoms with Gasteiger partial charge in [-0.25, -0.2) is 0 Å². The molecule has 0 radical (unpaired) electrons. The second-order valence-electron chi connectivity index (χ2n) is 5.70. The van der Waals surface area contributed by atoms with Crippen molar-refractivity contribution in [3.8, 4) is 11.5 Å². The molecule has 0 unspecified atom stereocenters. The molecule has 0 aliphatic carbocycles. The Balaban J connectivity index is 2.80. The average Bonchev–Trinajstić information content (AvgIpc) is 2.46. The van der Waals surface area contributed by atoms with Crippen LogP contribution in [0.5, 0.6) is 11.5 Å². The van der Waals surface area contributed by atoms with E-state index in [0.717, 1.165) is 5.56 Å². The van der Waals surface area contributed by atoms with Gasteiger partial charge in [-0.05, 0) is 39.3 Å². The first kappa shape index (κ1) is 17.8. The lowest BCUT2D eigenvalue weighted by Gasteiger charge is -2.19. The van der Waals surface area contributed by atoms with E-state index in [1.54, 1.807) is 26.0 Å². The van der Waals surface area contributed by atoms with Crippen LogP contribution in [-0.4, -0.2) is 37.7 Å². The third kappa shape index (κ3) is 4.13. The zero-order chi connectivity index (χ0) is 16.9. The van der Waals surface area contributed by atoms with E-state index in [1.165, 1.54) is 14.2 Å². The van der Waals surface area contributed by atoms with Gasteiger partial charge >= 0.3 is 5.97 Å². The minimum Gasteiger partial charge on any atom is -0.496 e. The van der Waals surface area contributed by atoms with E-state index in [2.05, 4.69) is 5.32 Å². The summed E-state index contributed by atoms with van der Waals surface area (Å²) < 4.78 is 10.5. The summed E-state index contributed by atoms with van der Waals surface area (Å²) in [6.07, 6.45) is 0.341. The maximum atomic E-state index is 12.2. The number of carbonyl (C=O) groups excluding carboxylic acids is 1. The van der Waals surface area contributed by atoms with E-state index in [1.807, 2.05) is 6.92 Å². The molecule has 1 aromatic rings. The number of ether oxygens (including phenoxy) is 2. The maximum Gasteiger partial charge on any atom is 0.309 e. The Morgan fingerprint density at radius 1 is 1.18 bits per heavy atom. The van der Waals surface area contributed by atoms with Crippen LogP contribution in [0.2, 0.25) is 0 Å². The van der Waals surface area contributed by atoms with Crippen molar-refractivity contribution >= 4 is 11.9 Å². The summed E-state index contributed by atoms with van der Waals surface area (Å²) in [4.78, 5) is 23.2. The molecule has 1 amide bonds. The fourth-order valence-electron chi connectivity index (χ4n) is 1.91. The molecule has 0 saturated carbocycles. The van der Waals surface area contributed by atoms with Crippen molar-refractivity contribution in [1.82, 2.24) is 5.32 Å². The lowest BCUT2D eigenvalue weighted by Crippen LogP contribution is -2.32. The molecule has 122 valence electrons. The van der Waals surface area contributed by atoms with Crippen molar-refractivity contribution in [3.05, 3.63) is 23.3 Å². The predicted molar refractivity (Wildman–Crippen MR) is 82.7 cm³/mol. The Labute approximate surface area is 130 Å². The van der Waals surface area contributed by atoms with E-state index in [9.17, 15) is 9.59 Å². The minimum absolute atomic E-state index is 0.274. The largest absolute Gasteiger partial charge is 0.496 e. The van der Waals surface area contributed by atoms with Gasteiger partial charge in [0.1, 0.15) is 11.5 Å². The van der Waals surface area contributed by atoms with Gasteiger partial charge in [-0.1, -0.05) is 0 Å². The minimum atomic E-state index is -0.888. The van der Waals surface area contributed by atoms with Crippen LogP contribution >= 0.6 is 0 Å². The molecule has 0 bridgehead atoms. The molecule has 0 spiro atoms. The SMILES string of the molecule is COc1cc(C(=O)NCCC(C)(C)C(=O)O)cc(OC)c1C. The molecule has 0 heterocycles. The number of carbonyl (C=O) groups is 2. The first-order valence-corrected chi connectivity index (χ1v) is 6.97. The van der Waals surface area contributed by atoms with Crippen molar-refractivity contribution in [2.45, 2.75) is 27.2 Å². The number of carboxylic acids is 1. The maximum absolute atomic E-state index is 12.2. The van der Waals surface area contributed by atoms with Crippen LogP contribution in [0.1, 0.15) is 36.2 Å². The van der Waals surface area contributed by atoms with Crippen LogP contribution in [0.3, 0.4) is 0 Å². The number of nitrogens with one attached hydrogen (secondary N) is 1. The third-order valence-electron chi connectivity index (χ3n) is 3.63. The molecule has 6 heteroatoms. The van der Waals surface area contributed by atoms with E-state index >= 15 is 0 Å². The molecule has 2 N–H and O–H groups in total. The van der Waals surface area contributed by atoms with Gasteiger partial charge in [-0.15, -0.1) is 0 Å². The van der Waals surface area contributed by atoms with E-state index in [4.69, 9.17) is 14.6 Å². The van der Waals surface area contributed by atoms with Crippen LogP contribution in [-0.2, 0) is 4.79 Å². The van der Waals surface area contributed by atoms with Gasteiger partial charge in [-0.3, -0.25) is 9.59 Å². The van der Waals surface area contributed by atoms with Crippen LogP contribution in [0.15, 0.2) is 12.1 Å². The Morgan fingerprint density at radius 3 is 2.09 bits per heavy atom. The quantitative estimate of drug-likeness (QED) is 0.807. The van der Waals surface area contributed by atoms with Crippen molar-refractivity contribution in [2.24, 2.45) is 5.41 Å². The summed E-state index contributed by atoms with van der Waals surface area (Å²) in [7, 11) is 3.05. The smallest absolute Gasteiger partial charge is 0.309 e. The first-order valence-electron chi connectivity index (χ1n) is 6.97.